The van der Waals surface area contributed by atoms with E-state index in [-0.39, 0.29) is 19.2 Å². The summed E-state index contributed by atoms with van der Waals surface area (Å²) in [4.78, 5) is 5.72. The number of halogens is 1. The number of pyridine rings is 1. The molecule has 2 rings (SSSR count). The van der Waals surface area contributed by atoms with Gasteiger partial charge in [-0.15, -0.1) is 0 Å². The van der Waals surface area contributed by atoms with Crippen molar-refractivity contribution in [3.8, 4) is 6.07 Å². The summed E-state index contributed by atoms with van der Waals surface area (Å²) in [5, 5.41) is 17.7. The van der Waals surface area contributed by atoms with Crippen LogP contribution in [0.5, 0.6) is 0 Å². The van der Waals surface area contributed by atoms with Crippen LogP contribution in [0.3, 0.4) is 0 Å². The van der Waals surface area contributed by atoms with E-state index in [1.54, 1.807) is 23.2 Å². The molecule has 0 amide bonds. The van der Waals surface area contributed by atoms with Gasteiger partial charge >= 0.3 is 0 Å². The molecule has 0 aromatic carbocycles. The molecule has 1 saturated heterocycles. The van der Waals surface area contributed by atoms with Crippen LogP contribution >= 0.6 is 0 Å². The monoisotopic (exact) mass is 221 g/mol. The minimum Gasteiger partial charge on any atom is -0.394 e. The third-order valence-corrected chi connectivity index (χ3v) is 2.77. The molecule has 84 valence electrons. The van der Waals surface area contributed by atoms with Crippen LogP contribution in [-0.2, 0) is 0 Å². The number of aromatic nitrogens is 1. The van der Waals surface area contributed by atoms with E-state index in [0.717, 1.165) is 5.69 Å². The molecule has 0 spiro atoms. The second-order valence-corrected chi connectivity index (χ2v) is 3.84. The summed E-state index contributed by atoms with van der Waals surface area (Å²) < 4.78 is 13.2. The first-order chi connectivity index (χ1) is 7.74. The molecule has 1 aromatic rings. The lowest BCUT2D eigenvalue weighted by Crippen LogP contribution is -2.32. The van der Waals surface area contributed by atoms with Crippen molar-refractivity contribution in [3.05, 3.63) is 24.0 Å². The van der Waals surface area contributed by atoms with Crippen molar-refractivity contribution in [2.45, 2.75) is 18.6 Å². The van der Waals surface area contributed by atoms with Gasteiger partial charge in [0.25, 0.3) is 0 Å². The van der Waals surface area contributed by atoms with Crippen LogP contribution in [0.25, 0.3) is 0 Å². The van der Waals surface area contributed by atoms with Crippen molar-refractivity contribution in [1.29, 1.82) is 5.26 Å². The molecule has 0 unspecified atom stereocenters. The molecule has 5 heteroatoms. The van der Waals surface area contributed by atoms with Gasteiger partial charge < -0.3 is 10.0 Å². The topological polar surface area (TPSA) is 60.2 Å². The summed E-state index contributed by atoms with van der Waals surface area (Å²) in [5.74, 6) is 0. The molecule has 4 nitrogen and oxygen atoms in total. The lowest BCUT2D eigenvalue weighted by atomic mass is 10.2. The number of rotatable bonds is 2. The number of nitriles is 1. The van der Waals surface area contributed by atoms with E-state index in [1.807, 2.05) is 6.07 Å². The fraction of sp³-hybridized carbons (Fsp3) is 0.455. The van der Waals surface area contributed by atoms with Crippen molar-refractivity contribution < 1.29 is 9.50 Å². The van der Waals surface area contributed by atoms with E-state index < -0.39 is 6.17 Å². The van der Waals surface area contributed by atoms with E-state index in [4.69, 9.17) is 10.4 Å². The van der Waals surface area contributed by atoms with Crippen LogP contribution < -0.4 is 4.90 Å². The second-order valence-electron chi connectivity index (χ2n) is 3.84. The maximum Gasteiger partial charge on any atom is 0.140 e. The summed E-state index contributed by atoms with van der Waals surface area (Å²) in [7, 11) is 0. The highest BCUT2D eigenvalue weighted by atomic mass is 19.1. The minimum absolute atomic E-state index is 0.0690. The highest BCUT2D eigenvalue weighted by molar-refractivity contribution is 5.48. The second kappa shape index (κ2) is 4.45. The first-order valence-electron chi connectivity index (χ1n) is 5.12. The molecule has 0 radical (unpaired) electrons. The van der Waals surface area contributed by atoms with Crippen LogP contribution in [0.15, 0.2) is 18.3 Å². The summed E-state index contributed by atoms with van der Waals surface area (Å²) in [6.07, 6.45) is 0.975. The molecule has 1 aromatic heterocycles. The summed E-state index contributed by atoms with van der Waals surface area (Å²) in [6.45, 7) is 0.208. The predicted molar refractivity (Wildman–Crippen MR) is 56.7 cm³/mol. The average molecular weight is 221 g/mol. The SMILES string of the molecule is N#Cc1ccc(N2C[C@@H](F)C[C@H]2CO)cn1. The normalized spacial score (nSPS) is 24.4. The van der Waals surface area contributed by atoms with E-state index in [9.17, 15) is 4.39 Å². The lowest BCUT2D eigenvalue weighted by Gasteiger charge is -2.24. The van der Waals surface area contributed by atoms with Crippen LogP contribution in [0.1, 0.15) is 12.1 Å². The van der Waals surface area contributed by atoms with Crippen molar-refractivity contribution in [2.75, 3.05) is 18.1 Å². The standard InChI is InChI=1S/C11H12FN3O/c12-8-3-11(7-16)15(6-8)10-2-1-9(4-13)14-5-10/h1-2,5,8,11,16H,3,6-7H2/t8-,11-/m0/s1. The highest BCUT2D eigenvalue weighted by Gasteiger charge is 2.31. The van der Waals surface area contributed by atoms with E-state index in [1.165, 1.54) is 0 Å². The van der Waals surface area contributed by atoms with Gasteiger partial charge in [-0.25, -0.2) is 9.37 Å². The van der Waals surface area contributed by atoms with Crippen molar-refractivity contribution in [3.63, 3.8) is 0 Å². The molecule has 16 heavy (non-hydrogen) atoms. The minimum atomic E-state index is -0.909. The van der Waals surface area contributed by atoms with Crippen LogP contribution in [0.2, 0.25) is 0 Å². The Kier molecular flexibility index (Phi) is 3.02. The Morgan fingerprint density at radius 2 is 2.44 bits per heavy atom. The molecule has 2 heterocycles. The summed E-state index contributed by atoms with van der Waals surface area (Å²) in [6, 6.07) is 5.06. The first kappa shape index (κ1) is 10.8. The van der Waals surface area contributed by atoms with Gasteiger partial charge in [-0.2, -0.15) is 5.26 Å². The Morgan fingerprint density at radius 3 is 3.00 bits per heavy atom. The van der Waals surface area contributed by atoms with Crippen LogP contribution in [0, 0.1) is 11.3 Å². The van der Waals surface area contributed by atoms with Gasteiger partial charge in [0, 0.05) is 13.0 Å². The lowest BCUT2D eigenvalue weighted by molar-refractivity contribution is 0.255. The number of aliphatic hydroxyl groups excluding tert-OH is 1. The fourth-order valence-electron chi connectivity index (χ4n) is 1.97. The van der Waals surface area contributed by atoms with Crippen molar-refractivity contribution in [2.24, 2.45) is 0 Å². The third kappa shape index (κ3) is 1.97. The third-order valence-electron chi connectivity index (χ3n) is 2.77. The molecular formula is C11H12FN3O. The van der Waals surface area contributed by atoms with Gasteiger partial charge in [0.15, 0.2) is 0 Å². The number of anilines is 1. The molecule has 1 aliphatic rings. The van der Waals surface area contributed by atoms with E-state index in [2.05, 4.69) is 4.98 Å². The Balaban J connectivity index is 2.20. The molecule has 2 atom stereocenters. The van der Waals surface area contributed by atoms with Gasteiger partial charge in [-0.05, 0) is 12.1 Å². The fourth-order valence-corrected chi connectivity index (χ4v) is 1.97. The maximum atomic E-state index is 13.2. The van der Waals surface area contributed by atoms with Gasteiger partial charge in [0.2, 0.25) is 0 Å². The molecule has 1 fully saturated rings. The van der Waals surface area contributed by atoms with E-state index in [0.29, 0.717) is 12.1 Å². The zero-order valence-corrected chi connectivity index (χ0v) is 8.67. The molecule has 0 bridgehead atoms. The molecule has 1 aliphatic heterocycles. The summed E-state index contributed by atoms with van der Waals surface area (Å²) in [5.41, 5.74) is 1.08. The Labute approximate surface area is 92.9 Å². The van der Waals surface area contributed by atoms with Gasteiger partial charge in [-0.1, -0.05) is 0 Å². The largest absolute Gasteiger partial charge is 0.394 e. The number of hydrogen-bond acceptors (Lipinski definition) is 4. The smallest absolute Gasteiger partial charge is 0.140 e. The predicted octanol–water partition coefficient (Wildman–Crippen LogP) is 0.862. The average Bonchev–Trinajstić information content (AvgIpc) is 2.70. The highest BCUT2D eigenvalue weighted by Crippen LogP contribution is 2.26. The Bertz CT molecular complexity index is 401. The zero-order chi connectivity index (χ0) is 11.5. The number of nitrogens with zero attached hydrogens (tertiary/aromatic N) is 3. The molecule has 0 saturated carbocycles. The Hall–Kier alpha value is -1.67. The number of aliphatic hydroxyl groups is 1. The van der Waals surface area contributed by atoms with E-state index >= 15 is 0 Å². The van der Waals surface area contributed by atoms with Gasteiger partial charge in [0.1, 0.15) is 17.9 Å². The molecule has 0 aliphatic carbocycles. The maximum absolute atomic E-state index is 13.2. The van der Waals surface area contributed by atoms with Crippen molar-refractivity contribution in [1.82, 2.24) is 4.98 Å². The summed E-state index contributed by atoms with van der Waals surface area (Å²) >= 11 is 0. The first-order valence-corrected chi connectivity index (χ1v) is 5.12. The molecular weight excluding hydrogens is 209 g/mol. The van der Waals surface area contributed by atoms with Gasteiger partial charge in [0.05, 0.1) is 24.5 Å². The van der Waals surface area contributed by atoms with Crippen LogP contribution in [0.4, 0.5) is 10.1 Å². The quantitative estimate of drug-likeness (QED) is 0.804. The number of alkyl halides is 1. The van der Waals surface area contributed by atoms with Crippen molar-refractivity contribution >= 4 is 5.69 Å². The number of hydrogen-bond donors (Lipinski definition) is 1. The van der Waals surface area contributed by atoms with Gasteiger partial charge in [-0.3, -0.25) is 0 Å². The molecule has 1 N–H and O–H groups in total. The van der Waals surface area contributed by atoms with Crippen LogP contribution in [-0.4, -0.2) is 35.5 Å². The zero-order valence-electron chi connectivity index (χ0n) is 8.67. The Morgan fingerprint density at radius 1 is 1.62 bits per heavy atom.